The molecule has 0 unspecified atom stereocenters. The Morgan fingerprint density at radius 1 is 1.54 bits per heavy atom. The minimum absolute atomic E-state index is 0.229. The molecule has 0 spiro atoms. The van der Waals surface area contributed by atoms with Gasteiger partial charge in [-0.1, -0.05) is 0 Å². The number of nitrogens with zero attached hydrogens (tertiary/aromatic N) is 2. The van der Waals surface area contributed by atoms with E-state index in [1.165, 1.54) is 6.33 Å². The molecule has 0 aromatic carbocycles. The van der Waals surface area contributed by atoms with Crippen LogP contribution in [0.1, 0.15) is 19.3 Å². The average Bonchev–Trinajstić information content (AvgIpc) is 2.72. The molecule has 5 heteroatoms. The average molecular weight is 178 g/mol. The molecule has 68 valence electrons. The monoisotopic (exact) mass is 178 g/mol. The lowest BCUT2D eigenvalue weighted by molar-refractivity contribution is -0.114. The number of Topliss-reactive ketones (excluding diaryl/α,β-unsaturated/α-hetero) is 1. The fourth-order valence-corrected chi connectivity index (χ4v) is 1.32. The van der Waals surface area contributed by atoms with Gasteiger partial charge in [-0.2, -0.15) is 10.1 Å². The van der Waals surface area contributed by atoms with E-state index in [1.54, 1.807) is 6.20 Å². The summed E-state index contributed by atoms with van der Waals surface area (Å²) >= 11 is 0. The topological polar surface area (TPSA) is 70.7 Å². The summed E-state index contributed by atoms with van der Waals surface area (Å²) in [7, 11) is 0. The van der Waals surface area contributed by atoms with Crippen molar-refractivity contribution < 1.29 is 4.79 Å². The standard InChI is InChI=1S/C8H10N4O/c13-7-3-1-2-6(7)4-9-8-10-5-11-12-8/h4-5H,1-3H2,(H2,9,10,11,12)/b6-4+. The number of aromatic nitrogens is 3. The fourth-order valence-electron chi connectivity index (χ4n) is 1.32. The summed E-state index contributed by atoms with van der Waals surface area (Å²) in [5.41, 5.74) is 0.844. The predicted octanol–water partition coefficient (Wildman–Crippen LogP) is 0.853. The molecule has 0 bridgehead atoms. The Morgan fingerprint density at radius 3 is 3.08 bits per heavy atom. The maximum atomic E-state index is 11.2. The summed E-state index contributed by atoms with van der Waals surface area (Å²) in [5.74, 6) is 0.791. The zero-order valence-electron chi connectivity index (χ0n) is 7.08. The van der Waals surface area contributed by atoms with E-state index in [0.29, 0.717) is 12.4 Å². The summed E-state index contributed by atoms with van der Waals surface area (Å²) < 4.78 is 0. The number of aromatic amines is 1. The molecule has 1 saturated carbocycles. The van der Waals surface area contributed by atoms with Crippen LogP contribution in [0.5, 0.6) is 0 Å². The summed E-state index contributed by atoms with van der Waals surface area (Å²) in [6.07, 6.45) is 5.61. The summed E-state index contributed by atoms with van der Waals surface area (Å²) in [6, 6.07) is 0. The van der Waals surface area contributed by atoms with Crippen LogP contribution in [0, 0.1) is 0 Å². The van der Waals surface area contributed by atoms with E-state index in [9.17, 15) is 4.79 Å². The maximum absolute atomic E-state index is 11.2. The highest BCUT2D eigenvalue weighted by molar-refractivity contribution is 5.97. The number of hydrogen-bond acceptors (Lipinski definition) is 4. The Morgan fingerprint density at radius 2 is 2.46 bits per heavy atom. The van der Waals surface area contributed by atoms with Gasteiger partial charge in [-0.3, -0.25) is 4.79 Å². The molecule has 5 nitrogen and oxygen atoms in total. The first-order chi connectivity index (χ1) is 6.36. The number of allylic oxidation sites excluding steroid dienone is 1. The van der Waals surface area contributed by atoms with Crippen LogP contribution >= 0.6 is 0 Å². The third-order valence-electron chi connectivity index (χ3n) is 2.01. The van der Waals surface area contributed by atoms with Crippen LogP contribution < -0.4 is 5.32 Å². The minimum atomic E-state index is 0.229. The summed E-state index contributed by atoms with van der Waals surface area (Å²) in [4.78, 5) is 15.0. The zero-order chi connectivity index (χ0) is 9.10. The van der Waals surface area contributed by atoms with Crippen molar-refractivity contribution in [1.29, 1.82) is 0 Å². The molecule has 1 fully saturated rings. The molecule has 1 aromatic rings. The zero-order valence-corrected chi connectivity index (χ0v) is 7.08. The van der Waals surface area contributed by atoms with Crippen molar-refractivity contribution >= 4 is 11.7 Å². The van der Waals surface area contributed by atoms with Gasteiger partial charge in [0.1, 0.15) is 6.33 Å². The second-order valence-corrected chi connectivity index (χ2v) is 2.92. The molecule has 2 rings (SSSR count). The lowest BCUT2D eigenvalue weighted by Crippen LogP contribution is -1.97. The van der Waals surface area contributed by atoms with Gasteiger partial charge in [-0.25, -0.2) is 5.10 Å². The second kappa shape index (κ2) is 3.38. The van der Waals surface area contributed by atoms with Crippen molar-refractivity contribution in [2.45, 2.75) is 19.3 Å². The largest absolute Gasteiger partial charge is 0.331 e. The maximum Gasteiger partial charge on any atom is 0.222 e. The SMILES string of the molecule is O=C1CCC/C1=C\Nc1ncn[nH]1. The second-order valence-electron chi connectivity index (χ2n) is 2.92. The molecule has 0 atom stereocenters. The molecule has 2 N–H and O–H groups in total. The first kappa shape index (κ1) is 7.97. The van der Waals surface area contributed by atoms with Crippen LogP contribution in [-0.2, 0) is 4.79 Å². The van der Waals surface area contributed by atoms with Crippen molar-refractivity contribution in [1.82, 2.24) is 15.2 Å². The van der Waals surface area contributed by atoms with Gasteiger partial charge in [0.15, 0.2) is 5.78 Å². The van der Waals surface area contributed by atoms with Gasteiger partial charge in [-0.05, 0) is 12.8 Å². The Balaban J connectivity index is 2.01. The summed E-state index contributed by atoms with van der Waals surface area (Å²) in [5, 5.41) is 9.21. The highest BCUT2D eigenvalue weighted by Crippen LogP contribution is 2.19. The molecule has 0 radical (unpaired) electrons. The van der Waals surface area contributed by atoms with Crippen molar-refractivity contribution in [3.05, 3.63) is 18.1 Å². The number of carbonyl (C=O) groups is 1. The van der Waals surface area contributed by atoms with E-state index in [0.717, 1.165) is 18.4 Å². The molecule has 1 aliphatic carbocycles. The van der Waals surface area contributed by atoms with E-state index in [2.05, 4.69) is 20.5 Å². The predicted molar refractivity (Wildman–Crippen MR) is 46.9 cm³/mol. The first-order valence-corrected chi connectivity index (χ1v) is 4.20. The Hall–Kier alpha value is -1.65. The molecule has 0 amide bonds. The lowest BCUT2D eigenvalue weighted by atomic mass is 10.2. The Labute approximate surface area is 75.3 Å². The molecular weight excluding hydrogens is 168 g/mol. The van der Waals surface area contributed by atoms with Crippen LogP contribution in [0.25, 0.3) is 0 Å². The van der Waals surface area contributed by atoms with Gasteiger partial charge in [0.05, 0.1) is 0 Å². The number of nitrogens with one attached hydrogen (secondary N) is 2. The number of hydrogen-bond donors (Lipinski definition) is 2. The van der Waals surface area contributed by atoms with Crippen molar-refractivity contribution in [2.75, 3.05) is 5.32 Å². The van der Waals surface area contributed by atoms with Gasteiger partial charge in [0, 0.05) is 18.2 Å². The smallest absolute Gasteiger partial charge is 0.222 e. The van der Waals surface area contributed by atoms with Crippen LogP contribution in [0.2, 0.25) is 0 Å². The Kier molecular flexibility index (Phi) is 2.08. The van der Waals surface area contributed by atoms with Crippen LogP contribution in [0.4, 0.5) is 5.95 Å². The van der Waals surface area contributed by atoms with Crippen LogP contribution in [-0.4, -0.2) is 21.0 Å². The first-order valence-electron chi connectivity index (χ1n) is 4.20. The third kappa shape index (κ3) is 1.74. The normalized spacial score (nSPS) is 19.7. The Bertz CT molecular complexity index is 328. The molecular formula is C8H10N4O. The fraction of sp³-hybridized carbons (Fsp3) is 0.375. The van der Waals surface area contributed by atoms with Gasteiger partial charge in [-0.15, -0.1) is 0 Å². The van der Waals surface area contributed by atoms with Crippen molar-refractivity contribution in [2.24, 2.45) is 0 Å². The number of rotatable bonds is 2. The van der Waals surface area contributed by atoms with E-state index in [4.69, 9.17) is 0 Å². The third-order valence-corrected chi connectivity index (χ3v) is 2.01. The molecule has 1 aliphatic rings. The highest BCUT2D eigenvalue weighted by Gasteiger charge is 2.16. The molecule has 0 saturated heterocycles. The molecule has 1 heterocycles. The van der Waals surface area contributed by atoms with Gasteiger partial charge in [0.25, 0.3) is 0 Å². The van der Waals surface area contributed by atoms with E-state index in [-0.39, 0.29) is 5.78 Å². The number of ketones is 1. The quantitative estimate of drug-likeness (QED) is 0.659. The number of anilines is 1. The minimum Gasteiger partial charge on any atom is -0.331 e. The van der Waals surface area contributed by atoms with Crippen LogP contribution in [0.3, 0.4) is 0 Å². The summed E-state index contributed by atoms with van der Waals surface area (Å²) in [6.45, 7) is 0. The van der Waals surface area contributed by atoms with Gasteiger partial charge >= 0.3 is 0 Å². The van der Waals surface area contributed by atoms with Crippen molar-refractivity contribution in [3.8, 4) is 0 Å². The van der Waals surface area contributed by atoms with E-state index < -0.39 is 0 Å². The molecule has 0 aliphatic heterocycles. The molecule has 13 heavy (non-hydrogen) atoms. The van der Waals surface area contributed by atoms with Gasteiger partial charge in [0.2, 0.25) is 5.95 Å². The number of H-pyrrole nitrogens is 1. The van der Waals surface area contributed by atoms with E-state index in [1.807, 2.05) is 0 Å². The number of carbonyl (C=O) groups excluding carboxylic acids is 1. The van der Waals surface area contributed by atoms with E-state index >= 15 is 0 Å². The van der Waals surface area contributed by atoms with Gasteiger partial charge < -0.3 is 5.32 Å². The van der Waals surface area contributed by atoms with Crippen LogP contribution in [0.15, 0.2) is 18.1 Å². The highest BCUT2D eigenvalue weighted by atomic mass is 16.1. The molecule has 1 aromatic heterocycles. The lowest BCUT2D eigenvalue weighted by Gasteiger charge is -1.95. The van der Waals surface area contributed by atoms with Crippen molar-refractivity contribution in [3.63, 3.8) is 0 Å².